The highest BCUT2D eigenvalue weighted by Gasteiger charge is 2.39. The van der Waals surface area contributed by atoms with E-state index in [1.54, 1.807) is 18.2 Å². The fourth-order valence-corrected chi connectivity index (χ4v) is 2.00. The highest BCUT2D eigenvalue weighted by atomic mass is 19.1. The van der Waals surface area contributed by atoms with Gasteiger partial charge in [0.2, 0.25) is 0 Å². The van der Waals surface area contributed by atoms with E-state index < -0.39 is 11.4 Å². The van der Waals surface area contributed by atoms with Crippen LogP contribution in [0.25, 0.3) is 0 Å². The summed E-state index contributed by atoms with van der Waals surface area (Å²) in [5.74, 6) is -0.189. The quantitative estimate of drug-likeness (QED) is 0.855. The second kappa shape index (κ2) is 4.06. The topological polar surface area (TPSA) is 29.5 Å². The summed E-state index contributed by atoms with van der Waals surface area (Å²) in [6.07, 6.45) is 2.15. The molecule has 16 heavy (non-hydrogen) atoms. The molecule has 1 fully saturated rings. The van der Waals surface area contributed by atoms with Gasteiger partial charge in [0.25, 0.3) is 0 Å². The van der Waals surface area contributed by atoms with Crippen LogP contribution in [0.3, 0.4) is 0 Å². The molecule has 0 radical (unpaired) electrons. The van der Waals surface area contributed by atoms with E-state index in [1.807, 2.05) is 13.8 Å². The summed E-state index contributed by atoms with van der Waals surface area (Å²) in [5, 5.41) is 10.1. The molecule has 1 aliphatic carbocycles. The van der Waals surface area contributed by atoms with Crippen LogP contribution in [0, 0.1) is 5.82 Å². The number of ether oxygens (including phenoxy) is 1. The Morgan fingerprint density at radius 1 is 1.38 bits per heavy atom. The predicted octanol–water partition coefficient (Wildman–Crippen LogP) is 2.98. The van der Waals surface area contributed by atoms with E-state index in [4.69, 9.17) is 4.74 Å². The Hall–Kier alpha value is -1.09. The fourth-order valence-electron chi connectivity index (χ4n) is 2.00. The molecule has 1 N–H and O–H groups in total. The van der Waals surface area contributed by atoms with E-state index >= 15 is 0 Å². The van der Waals surface area contributed by atoms with Crippen LogP contribution in [0.4, 0.5) is 4.39 Å². The van der Waals surface area contributed by atoms with Crippen molar-refractivity contribution in [1.29, 1.82) is 0 Å². The Labute approximate surface area is 95.1 Å². The Morgan fingerprint density at radius 2 is 2.06 bits per heavy atom. The molecule has 2 rings (SSSR count). The van der Waals surface area contributed by atoms with Crippen molar-refractivity contribution in [3.8, 4) is 5.75 Å². The highest BCUT2D eigenvalue weighted by Crippen LogP contribution is 2.43. The zero-order valence-electron chi connectivity index (χ0n) is 9.66. The summed E-state index contributed by atoms with van der Waals surface area (Å²) in [7, 11) is 0. The van der Waals surface area contributed by atoms with Crippen molar-refractivity contribution in [1.82, 2.24) is 0 Å². The first kappa shape index (κ1) is 11.4. The summed E-state index contributed by atoms with van der Waals surface area (Å²) < 4.78 is 19.4. The fraction of sp³-hybridized carbons (Fsp3) is 0.538. The normalized spacial score (nSPS) is 18.3. The van der Waals surface area contributed by atoms with Crippen LogP contribution >= 0.6 is 0 Å². The van der Waals surface area contributed by atoms with Crippen LogP contribution in [0.5, 0.6) is 5.75 Å². The minimum atomic E-state index is -0.972. The van der Waals surface area contributed by atoms with Crippen LogP contribution in [0.2, 0.25) is 0 Å². The van der Waals surface area contributed by atoms with Crippen molar-refractivity contribution < 1.29 is 14.2 Å². The summed E-state index contributed by atoms with van der Waals surface area (Å²) in [6, 6.07) is 4.97. The van der Waals surface area contributed by atoms with E-state index in [2.05, 4.69) is 0 Å². The number of benzene rings is 1. The molecule has 0 saturated heterocycles. The lowest BCUT2D eigenvalue weighted by atomic mass is 9.75. The molecule has 0 aromatic heterocycles. The lowest BCUT2D eigenvalue weighted by molar-refractivity contribution is -0.0420. The van der Waals surface area contributed by atoms with Gasteiger partial charge in [-0.15, -0.1) is 0 Å². The second-order valence-electron chi connectivity index (χ2n) is 4.67. The standard InChI is InChI=1S/C13H17FO2/c1-9(2)16-11-6-3-5-10(12(11)14)13(15)7-4-8-13/h3,5-6,9,15H,4,7-8H2,1-2H3. The van der Waals surface area contributed by atoms with Gasteiger partial charge in [-0.2, -0.15) is 0 Å². The van der Waals surface area contributed by atoms with E-state index in [9.17, 15) is 9.50 Å². The van der Waals surface area contributed by atoms with E-state index in [1.165, 1.54) is 0 Å². The van der Waals surface area contributed by atoms with Crippen molar-refractivity contribution in [3.05, 3.63) is 29.6 Å². The molecule has 1 aromatic rings. The summed E-state index contributed by atoms with van der Waals surface area (Å²) in [5.41, 5.74) is -0.600. The lowest BCUT2D eigenvalue weighted by Crippen LogP contribution is -2.34. The molecule has 0 heterocycles. The van der Waals surface area contributed by atoms with Gasteiger partial charge in [0.1, 0.15) is 0 Å². The van der Waals surface area contributed by atoms with E-state index in [-0.39, 0.29) is 11.9 Å². The van der Waals surface area contributed by atoms with Gasteiger partial charge in [0.05, 0.1) is 11.7 Å². The molecular formula is C13H17FO2. The zero-order valence-corrected chi connectivity index (χ0v) is 9.66. The van der Waals surface area contributed by atoms with Gasteiger partial charge >= 0.3 is 0 Å². The van der Waals surface area contributed by atoms with Gasteiger partial charge in [-0.05, 0) is 39.2 Å². The number of halogens is 1. The molecule has 3 heteroatoms. The van der Waals surface area contributed by atoms with Gasteiger partial charge in [-0.25, -0.2) is 4.39 Å². The summed E-state index contributed by atoms with van der Waals surface area (Å²) >= 11 is 0. The van der Waals surface area contributed by atoms with Crippen LogP contribution in [-0.2, 0) is 5.60 Å². The first-order valence-electron chi connectivity index (χ1n) is 5.71. The Bertz CT molecular complexity index is 384. The number of aliphatic hydroxyl groups is 1. The van der Waals surface area contributed by atoms with Gasteiger partial charge in [-0.3, -0.25) is 0 Å². The molecule has 0 unspecified atom stereocenters. The molecule has 0 bridgehead atoms. The SMILES string of the molecule is CC(C)Oc1cccc(C2(O)CCC2)c1F. The maximum Gasteiger partial charge on any atom is 0.171 e. The van der Waals surface area contributed by atoms with Crippen LogP contribution in [0.15, 0.2) is 18.2 Å². The van der Waals surface area contributed by atoms with E-state index in [0.717, 1.165) is 6.42 Å². The summed E-state index contributed by atoms with van der Waals surface area (Å²) in [6.45, 7) is 3.70. The zero-order chi connectivity index (χ0) is 11.8. The molecule has 1 saturated carbocycles. The van der Waals surface area contributed by atoms with Gasteiger partial charge < -0.3 is 9.84 Å². The Morgan fingerprint density at radius 3 is 2.56 bits per heavy atom. The van der Waals surface area contributed by atoms with Crippen molar-refractivity contribution in [2.24, 2.45) is 0 Å². The number of rotatable bonds is 3. The summed E-state index contributed by atoms with van der Waals surface area (Å²) in [4.78, 5) is 0. The predicted molar refractivity (Wildman–Crippen MR) is 59.9 cm³/mol. The maximum absolute atomic E-state index is 14.1. The van der Waals surface area contributed by atoms with Crippen molar-refractivity contribution in [2.45, 2.75) is 44.8 Å². The molecule has 0 aliphatic heterocycles. The third-order valence-corrected chi connectivity index (χ3v) is 3.01. The van der Waals surface area contributed by atoms with Crippen LogP contribution in [-0.4, -0.2) is 11.2 Å². The van der Waals surface area contributed by atoms with Crippen LogP contribution < -0.4 is 4.74 Å². The third kappa shape index (κ3) is 1.92. The smallest absolute Gasteiger partial charge is 0.171 e. The highest BCUT2D eigenvalue weighted by molar-refractivity contribution is 5.35. The average molecular weight is 224 g/mol. The molecular weight excluding hydrogens is 207 g/mol. The molecule has 1 aliphatic rings. The lowest BCUT2D eigenvalue weighted by Gasteiger charge is -2.37. The maximum atomic E-state index is 14.1. The van der Waals surface area contributed by atoms with Crippen molar-refractivity contribution in [2.75, 3.05) is 0 Å². The van der Waals surface area contributed by atoms with E-state index in [0.29, 0.717) is 18.4 Å². The van der Waals surface area contributed by atoms with Gasteiger partial charge in [0, 0.05) is 5.56 Å². The molecule has 88 valence electrons. The Balaban J connectivity index is 2.33. The molecule has 1 aromatic carbocycles. The van der Waals surface area contributed by atoms with Crippen molar-refractivity contribution in [3.63, 3.8) is 0 Å². The van der Waals surface area contributed by atoms with Crippen molar-refractivity contribution >= 4 is 0 Å². The molecule has 0 amide bonds. The molecule has 0 atom stereocenters. The Kier molecular flexibility index (Phi) is 2.89. The monoisotopic (exact) mass is 224 g/mol. The second-order valence-corrected chi connectivity index (χ2v) is 4.67. The largest absolute Gasteiger partial charge is 0.488 e. The number of hydrogen-bond donors (Lipinski definition) is 1. The molecule has 0 spiro atoms. The minimum absolute atomic E-state index is 0.0687. The number of hydrogen-bond acceptors (Lipinski definition) is 2. The first-order valence-corrected chi connectivity index (χ1v) is 5.71. The molecule has 2 nitrogen and oxygen atoms in total. The van der Waals surface area contributed by atoms with Crippen LogP contribution in [0.1, 0.15) is 38.7 Å². The third-order valence-electron chi connectivity index (χ3n) is 3.01. The first-order chi connectivity index (χ1) is 7.53. The van der Waals surface area contributed by atoms with Gasteiger partial charge in [0.15, 0.2) is 11.6 Å². The van der Waals surface area contributed by atoms with Gasteiger partial charge in [-0.1, -0.05) is 12.1 Å². The minimum Gasteiger partial charge on any atom is -0.488 e. The average Bonchev–Trinajstić information content (AvgIpc) is 2.17.